The molecule has 0 heterocycles. The largest absolute Gasteiger partial charge is 0.494 e. The van der Waals surface area contributed by atoms with Crippen molar-refractivity contribution in [1.82, 2.24) is 0 Å². The van der Waals surface area contributed by atoms with E-state index in [1.54, 1.807) is 13.3 Å². The summed E-state index contributed by atoms with van der Waals surface area (Å²) in [4.78, 5) is 4.51. The summed E-state index contributed by atoms with van der Waals surface area (Å²) < 4.78 is 17.7. The van der Waals surface area contributed by atoms with Gasteiger partial charge in [-0.25, -0.2) is 0 Å². The van der Waals surface area contributed by atoms with E-state index in [4.69, 9.17) is 25.8 Å². The molecular formula is C23H21BrClNO3. The molecule has 0 amide bonds. The van der Waals surface area contributed by atoms with E-state index in [0.717, 1.165) is 27.0 Å². The quantitative estimate of drug-likeness (QED) is 0.336. The number of ether oxygens (including phenoxy) is 3. The van der Waals surface area contributed by atoms with Crippen LogP contribution in [0.25, 0.3) is 0 Å². The summed E-state index contributed by atoms with van der Waals surface area (Å²) in [6, 6.07) is 19.0. The van der Waals surface area contributed by atoms with E-state index in [-0.39, 0.29) is 0 Å². The van der Waals surface area contributed by atoms with E-state index < -0.39 is 0 Å². The average molecular weight is 475 g/mol. The molecule has 0 aliphatic carbocycles. The molecule has 0 saturated carbocycles. The lowest BCUT2D eigenvalue weighted by Gasteiger charge is -2.13. The van der Waals surface area contributed by atoms with Gasteiger partial charge in [-0.2, -0.15) is 0 Å². The molecule has 0 atom stereocenters. The van der Waals surface area contributed by atoms with E-state index in [0.29, 0.717) is 29.7 Å². The molecule has 0 aliphatic heterocycles. The summed E-state index contributed by atoms with van der Waals surface area (Å²) in [5, 5.41) is 0.679. The van der Waals surface area contributed by atoms with Crippen molar-refractivity contribution in [2.45, 2.75) is 13.5 Å². The lowest BCUT2D eigenvalue weighted by molar-refractivity contribution is 0.282. The van der Waals surface area contributed by atoms with Crippen LogP contribution in [0.5, 0.6) is 17.2 Å². The minimum atomic E-state index is 0.384. The smallest absolute Gasteiger partial charge is 0.175 e. The fraction of sp³-hybridized carbons (Fsp3) is 0.174. The van der Waals surface area contributed by atoms with Gasteiger partial charge in [-0.15, -0.1) is 0 Å². The number of halogens is 2. The van der Waals surface area contributed by atoms with Crippen molar-refractivity contribution >= 4 is 39.4 Å². The summed E-state index contributed by atoms with van der Waals surface area (Å²) in [6.45, 7) is 2.98. The maximum Gasteiger partial charge on any atom is 0.175 e. The van der Waals surface area contributed by atoms with Gasteiger partial charge in [0.1, 0.15) is 12.4 Å². The van der Waals surface area contributed by atoms with Crippen molar-refractivity contribution < 1.29 is 14.2 Å². The number of hydrogen-bond acceptors (Lipinski definition) is 4. The molecule has 4 nitrogen and oxygen atoms in total. The first-order valence-corrected chi connectivity index (χ1v) is 10.3. The first-order chi connectivity index (χ1) is 14.1. The van der Waals surface area contributed by atoms with Gasteiger partial charge < -0.3 is 14.2 Å². The van der Waals surface area contributed by atoms with Gasteiger partial charge in [-0.05, 0) is 82.5 Å². The Morgan fingerprint density at radius 3 is 2.52 bits per heavy atom. The summed E-state index contributed by atoms with van der Waals surface area (Å²) in [7, 11) is 1.61. The SMILES string of the molecule is CCOc1ccc(N=Cc2cc(Br)c(OCc3cccc(Cl)c3)c(OC)c2)cc1. The molecule has 0 aromatic heterocycles. The first-order valence-electron chi connectivity index (χ1n) is 9.10. The van der Waals surface area contributed by atoms with Crippen LogP contribution in [-0.2, 0) is 6.61 Å². The monoisotopic (exact) mass is 473 g/mol. The Morgan fingerprint density at radius 1 is 1.03 bits per heavy atom. The molecule has 0 bridgehead atoms. The number of benzene rings is 3. The Morgan fingerprint density at radius 2 is 1.83 bits per heavy atom. The van der Waals surface area contributed by atoms with Gasteiger partial charge in [0.05, 0.1) is 23.9 Å². The molecule has 0 unspecified atom stereocenters. The predicted octanol–water partition coefficient (Wildman–Crippen LogP) is 6.84. The molecule has 0 fully saturated rings. The van der Waals surface area contributed by atoms with E-state index in [1.807, 2.05) is 67.6 Å². The van der Waals surface area contributed by atoms with E-state index >= 15 is 0 Å². The van der Waals surface area contributed by atoms with Crippen molar-refractivity contribution in [3.63, 3.8) is 0 Å². The van der Waals surface area contributed by atoms with Crippen LogP contribution in [0.1, 0.15) is 18.1 Å². The standard InChI is InChI=1S/C23H21BrClNO3/c1-3-28-20-9-7-19(8-10-20)26-14-17-12-21(24)23(22(13-17)27-2)29-15-16-5-4-6-18(25)11-16/h4-14H,3,15H2,1-2H3. The van der Waals surface area contributed by atoms with Crippen molar-refractivity contribution in [3.05, 3.63) is 81.3 Å². The molecule has 150 valence electrons. The Hall–Kier alpha value is -2.50. The highest BCUT2D eigenvalue weighted by molar-refractivity contribution is 9.10. The second-order valence-corrected chi connectivity index (χ2v) is 7.43. The van der Waals surface area contributed by atoms with Crippen LogP contribution in [0.4, 0.5) is 5.69 Å². The van der Waals surface area contributed by atoms with Gasteiger partial charge in [0.25, 0.3) is 0 Å². The minimum absolute atomic E-state index is 0.384. The Kier molecular flexibility index (Phi) is 7.55. The molecule has 3 aromatic rings. The third kappa shape index (κ3) is 5.99. The number of nitrogens with zero attached hydrogens (tertiary/aromatic N) is 1. The molecule has 3 aromatic carbocycles. The number of rotatable bonds is 8. The maximum absolute atomic E-state index is 6.04. The number of methoxy groups -OCH3 is 1. The lowest BCUT2D eigenvalue weighted by Crippen LogP contribution is -1.99. The van der Waals surface area contributed by atoms with Gasteiger partial charge in [0, 0.05) is 11.2 Å². The van der Waals surface area contributed by atoms with Crippen LogP contribution in [0.15, 0.2) is 70.1 Å². The molecule has 0 spiro atoms. The molecule has 0 aliphatic rings. The van der Waals surface area contributed by atoms with Crippen LogP contribution in [-0.4, -0.2) is 19.9 Å². The van der Waals surface area contributed by atoms with Crippen LogP contribution >= 0.6 is 27.5 Å². The molecule has 0 radical (unpaired) electrons. The van der Waals surface area contributed by atoms with E-state index in [2.05, 4.69) is 20.9 Å². The van der Waals surface area contributed by atoms with Gasteiger partial charge in [-0.3, -0.25) is 4.99 Å². The second kappa shape index (κ2) is 10.3. The molecule has 3 rings (SSSR count). The zero-order valence-electron chi connectivity index (χ0n) is 16.2. The highest BCUT2D eigenvalue weighted by Gasteiger charge is 2.11. The minimum Gasteiger partial charge on any atom is -0.494 e. The summed E-state index contributed by atoms with van der Waals surface area (Å²) in [6.07, 6.45) is 1.78. The molecule has 29 heavy (non-hydrogen) atoms. The van der Waals surface area contributed by atoms with Crippen LogP contribution in [0, 0.1) is 0 Å². The van der Waals surface area contributed by atoms with Gasteiger partial charge >= 0.3 is 0 Å². The molecular weight excluding hydrogens is 454 g/mol. The molecule has 0 N–H and O–H groups in total. The van der Waals surface area contributed by atoms with E-state index in [9.17, 15) is 0 Å². The zero-order chi connectivity index (χ0) is 20.6. The third-order valence-electron chi connectivity index (χ3n) is 4.03. The normalized spacial score (nSPS) is 10.9. The van der Waals surface area contributed by atoms with Gasteiger partial charge in [0.2, 0.25) is 0 Å². The van der Waals surface area contributed by atoms with Gasteiger partial charge in [0.15, 0.2) is 11.5 Å². The molecule has 0 saturated heterocycles. The zero-order valence-corrected chi connectivity index (χ0v) is 18.5. The van der Waals surface area contributed by atoms with Gasteiger partial charge in [-0.1, -0.05) is 23.7 Å². The second-order valence-electron chi connectivity index (χ2n) is 6.14. The summed E-state index contributed by atoms with van der Waals surface area (Å²) in [5.74, 6) is 2.08. The fourth-order valence-corrected chi connectivity index (χ4v) is 3.47. The summed E-state index contributed by atoms with van der Waals surface area (Å²) in [5.41, 5.74) is 2.70. The van der Waals surface area contributed by atoms with Crippen molar-refractivity contribution in [1.29, 1.82) is 0 Å². The fourth-order valence-electron chi connectivity index (χ4n) is 2.68. The van der Waals surface area contributed by atoms with Crippen LogP contribution < -0.4 is 14.2 Å². The average Bonchev–Trinajstić information content (AvgIpc) is 2.72. The third-order valence-corrected chi connectivity index (χ3v) is 4.86. The first kappa shape index (κ1) is 21.2. The highest BCUT2D eigenvalue weighted by Crippen LogP contribution is 2.37. The van der Waals surface area contributed by atoms with Crippen molar-refractivity contribution in [2.75, 3.05) is 13.7 Å². The number of hydrogen-bond donors (Lipinski definition) is 0. The molecule has 6 heteroatoms. The van der Waals surface area contributed by atoms with Crippen LogP contribution in [0.2, 0.25) is 5.02 Å². The van der Waals surface area contributed by atoms with Crippen molar-refractivity contribution in [2.24, 2.45) is 4.99 Å². The highest BCUT2D eigenvalue weighted by atomic mass is 79.9. The lowest BCUT2D eigenvalue weighted by atomic mass is 10.2. The predicted molar refractivity (Wildman–Crippen MR) is 121 cm³/mol. The van der Waals surface area contributed by atoms with Crippen LogP contribution in [0.3, 0.4) is 0 Å². The Bertz CT molecular complexity index is 990. The maximum atomic E-state index is 6.04. The number of aliphatic imine (C=N–C) groups is 1. The summed E-state index contributed by atoms with van der Waals surface area (Å²) >= 11 is 9.61. The topological polar surface area (TPSA) is 40.0 Å². The Labute approximate surface area is 184 Å². The van der Waals surface area contributed by atoms with E-state index in [1.165, 1.54) is 0 Å². The van der Waals surface area contributed by atoms with Crippen molar-refractivity contribution in [3.8, 4) is 17.2 Å². The Balaban J connectivity index is 1.75.